The van der Waals surface area contributed by atoms with Gasteiger partial charge in [-0.25, -0.2) is 0 Å². The molecule has 0 aliphatic heterocycles. The first-order valence-corrected chi connectivity index (χ1v) is 9.36. The van der Waals surface area contributed by atoms with Crippen LogP contribution in [-0.4, -0.2) is 16.7 Å². The fourth-order valence-corrected chi connectivity index (χ4v) is 3.06. The maximum Gasteiger partial charge on any atom is 0.167 e. The molecule has 3 nitrogen and oxygen atoms in total. The summed E-state index contributed by atoms with van der Waals surface area (Å²) in [7, 11) is 0. The molecule has 0 bridgehead atoms. The molecule has 0 saturated heterocycles. The molecule has 1 unspecified atom stereocenters. The summed E-state index contributed by atoms with van der Waals surface area (Å²) >= 11 is 0. The highest BCUT2D eigenvalue weighted by Crippen LogP contribution is 2.32. The topological polar surface area (TPSA) is 54.4 Å². The van der Waals surface area contributed by atoms with Crippen LogP contribution in [0.3, 0.4) is 0 Å². The minimum atomic E-state index is -0.653. The van der Waals surface area contributed by atoms with Gasteiger partial charge in [-0.05, 0) is 63.7 Å². The van der Waals surface area contributed by atoms with Gasteiger partial charge in [-0.3, -0.25) is 9.59 Å². The Balaban J connectivity index is 2.83. The maximum atomic E-state index is 12.7. The van der Waals surface area contributed by atoms with E-state index in [1.54, 1.807) is 31.2 Å². The molecule has 1 aromatic rings. The Morgan fingerprint density at radius 3 is 2.41 bits per heavy atom. The summed E-state index contributed by atoms with van der Waals surface area (Å²) in [5.41, 5.74) is 2.71. The quantitative estimate of drug-likeness (QED) is 0.307. The van der Waals surface area contributed by atoms with Crippen LogP contribution in [0, 0.1) is 12.3 Å². The second-order valence-electron chi connectivity index (χ2n) is 7.88. The fourth-order valence-electron chi connectivity index (χ4n) is 3.06. The highest BCUT2D eigenvalue weighted by atomic mass is 16.3. The molecule has 0 spiro atoms. The number of carbonyl (C=O) groups excluding carboxylic acids is 2. The normalized spacial score (nSPS) is 13.6. The molecular formula is C24H32O3. The Labute approximate surface area is 163 Å². The van der Waals surface area contributed by atoms with Gasteiger partial charge in [0.25, 0.3) is 0 Å². The summed E-state index contributed by atoms with van der Waals surface area (Å²) in [6.07, 6.45) is 7.61. The molecule has 0 saturated carbocycles. The van der Waals surface area contributed by atoms with Crippen molar-refractivity contribution in [2.24, 2.45) is 5.41 Å². The number of hydrogen-bond acceptors (Lipinski definition) is 3. The fraction of sp³-hybridized carbons (Fsp3) is 0.417. The second-order valence-corrected chi connectivity index (χ2v) is 7.88. The molecule has 27 heavy (non-hydrogen) atoms. The molecule has 1 aromatic carbocycles. The third kappa shape index (κ3) is 7.38. The Morgan fingerprint density at radius 2 is 1.85 bits per heavy atom. The van der Waals surface area contributed by atoms with Crippen LogP contribution in [0.5, 0.6) is 5.75 Å². The van der Waals surface area contributed by atoms with Crippen molar-refractivity contribution in [3.63, 3.8) is 0 Å². The van der Waals surface area contributed by atoms with E-state index in [2.05, 4.69) is 26.5 Å². The molecule has 146 valence electrons. The number of phenols is 1. The number of rotatable bonds is 10. The average Bonchev–Trinajstić information content (AvgIpc) is 2.53. The first-order chi connectivity index (χ1) is 12.6. The van der Waals surface area contributed by atoms with Gasteiger partial charge in [-0.15, -0.1) is 6.58 Å². The van der Waals surface area contributed by atoms with E-state index in [9.17, 15) is 14.7 Å². The van der Waals surface area contributed by atoms with Gasteiger partial charge in [0.05, 0.1) is 5.56 Å². The first-order valence-electron chi connectivity index (χ1n) is 9.36. The van der Waals surface area contributed by atoms with Crippen LogP contribution < -0.4 is 0 Å². The summed E-state index contributed by atoms with van der Waals surface area (Å²) < 4.78 is 0. The van der Waals surface area contributed by atoms with Crippen LogP contribution in [-0.2, 0) is 4.79 Å². The number of phenolic OH excluding ortho intramolecular Hbond substituents is 1. The predicted molar refractivity (Wildman–Crippen MR) is 112 cm³/mol. The summed E-state index contributed by atoms with van der Waals surface area (Å²) in [6.45, 7) is 13.6. The SMILES string of the molecule is C=CC(C)(CC(=O)C=C(C)CCC=C(C)C)CC(=O)c1c(C)cccc1O. The standard InChI is InChI=1S/C24H32O3/c1-7-24(6,15-20(25)14-18(4)11-8-10-17(2)3)16-22(27)23-19(5)12-9-13-21(23)26/h7,9-10,12-14,26H,1,8,11,15-16H2,2-6H3. The van der Waals surface area contributed by atoms with Crippen LogP contribution in [0.1, 0.15) is 69.3 Å². The van der Waals surface area contributed by atoms with Crippen molar-refractivity contribution >= 4 is 11.6 Å². The molecular weight excluding hydrogens is 336 g/mol. The van der Waals surface area contributed by atoms with E-state index in [0.717, 1.165) is 24.0 Å². The number of benzene rings is 1. The highest BCUT2D eigenvalue weighted by Gasteiger charge is 2.28. The number of allylic oxidation sites excluding steroid dienone is 5. The summed E-state index contributed by atoms with van der Waals surface area (Å²) in [5.74, 6) is -0.202. The lowest BCUT2D eigenvalue weighted by Crippen LogP contribution is -2.22. The average molecular weight is 369 g/mol. The van der Waals surface area contributed by atoms with E-state index in [4.69, 9.17) is 0 Å². The number of Topliss-reactive ketones (excluding diaryl/α,β-unsaturated/α-hetero) is 1. The van der Waals surface area contributed by atoms with Crippen molar-refractivity contribution in [1.82, 2.24) is 0 Å². The number of carbonyl (C=O) groups is 2. The van der Waals surface area contributed by atoms with Crippen LogP contribution in [0.2, 0.25) is 0 Å². The van der Waals surface area contributed by atoms with Crippen LogP contribution in [0.15, 0.2) is 54.2 Å². The predicted octanol–water partition coefficient (Wildman–Crippen LogP) is 6.12. The molecule has 1 rings (SSSR count). The maximum absolute atomic E-state index is 12.7. The van der Waals surface area contributed by atoms with Crippen LogP contribution in [0.4, 0.5) is 0 Å². The highest BCUT2D eigenvalue weighted by molar-refractivity contribution is 6.01. The van der Waals surface area contributed by atoms with Crippen molar-refractivity contribution in [2.75, 3.05) is 0 Å². The van der Waals surface area contributed by atoms with E-state index in [1.807, 2.05) is 13.8 Å². The van der Waals surface area contributed by atoms with Crippen LogP contribution in [0.25, 0.3) is 0 Å². The molecule has 1 atom stereocenters. The Kier molecular flexibility index (Phi) is 8.42. The Hall–Kier alpha value is -2.42. The molecule has 3 heteroatoms. The smallest absolute Gasteiger partial charge is 0.167 e. The third-order valence-electron chi connectivity index (χ3n) is 4.66. The molecule has 0 radical (unpaired) electrons. The van der Waals surface area contributed by atoms with E-state index >= 15 is 0 Å². The van der Waals surface area contributed by atoms with Gasteiger partial charge in [0, 0.05) is 12.8 Å². The molecule has 0 amide bonds. The van der Waals surface area contributed by atoms with Gasteiger partial charge in [0.1, 0.15) is 5.75 Å². The van der Waals surface area contributed by atoms with E-state index in [0.29, 0.717) is 5.56 Å². The van der Waals surface area contributed by atoms with Gasteiger partial charge in [0.2, 0.25) is 0 Å². The largest absolute Gasteiger partial charge is 0.507 e. The molecule has 1 N–H and O–H groups in total. The number of aryl methyl sites for hydroxylation is 1. The summed E-state index contributed by atoms with van der Waals surface area (Å²) in [5, 5.41) is 10.0. The zero-order valence-corrected chi connectivity index (χ0v) is 17.3. The molecule has 0 heterocycles. The lowest BCUT2D eigenvalue weighted by Gasteiger charge is -2.24. The molecule has 0 aliphatic carbocycles. The van der Waals surface area contributed by atoms with Crippen molar-refractivity contribution in [1.29, 1.82) is 0 Å². The van der Waals surface area contributed by atoms with Gasteiger partial charge in [-0.2, -0.15) is 0 Å². The molecule has 0 aliphatic rings. The number of ketones is 2. The monoisotopic (exact) mass is 368 g/mol. The Morgan fingerprint density at radius 1 is 1.19 bits per heavy atom. The third-order valence-corrected chi connectivity index (χ3v) is 4.66. The van der Waals surface area contributed by atoms with E-state index in [1.165, 1.54) is 11.6 Å². The second kappa shape index (κ2) is 10.1. The van der Waals surface area contributed by atoms with Gasteiger partial charge in [0.15, 0.2) is 11.6 Å². The number of aromatic hydroxyl groups is 1. The summed E-state index contributed by atoms with van der Waals surface area (Å²) in [4.78, 5) is 25.2. The lowest BCUT2D eigenvalue weighted by molar-refractivity contribution is -0.116. The minimum Gasteiger partial charge on any atom is -0.507 e. The van der Waals surface area contributed by atoms with E-state index < -0.39 is 5.41 Å². The van der Waals surface area contributed by atoms with Crippen molar-refractivity contribution in [3.8, 4) is 5.75 Å². The Bertz CT molecular complexity index is 744. The van der Waals surface area contributed by atoms with Crippen molar-refractivity contribution < 1.29 is 14.7 Å². The first kappa shape index (κ1) is 22.6. The summed E-state index contributed by atoms with van der Waals surface area (Å²) in [6, 6.07) is 5.01. The minimum absolute atomic E-state index is 0.00564. The van der Waals surface area contributed by atoms with Crippen molar-refractivity contribution in [2.45, 2.75) is 60.3 Å². The number of hydrogen-bond donors (Lipinski definition) is 1. The van der Waals surface area contributed by atoms with Gasteiger partial charge >= 0.3 is 0 Å². The zero-order chi connectivity index (χ0) is 20.6. The molecule has 0 fully saturated rings. The molecule has 0 aromatic heterocycles. The van der Waals surface area contributed by atoms with Gasteiger partial charge < -0.3 is 5.11 Å². The van der Waals surface area contributed by atoms with Crippen LogP contribution >= 0.6 is 0 Å². The van der Waals surface area contributed by atoms with Crippen molar-refractivity contribution in [3.05, 3.63) is 65.3 Å². The van der Waals surface area contributed by atoms with Gasteiger partial charge in [-0.1, -0.05) is 42.4 Å². The zero-order valence-electron chi connectivity index (χ0n) is 17.3. The van der Waals surface area contributed by atoms with E-state index in [-0.39, 0.29) is 30.2 Å². The lowest BCUT2D eigenvalue weighted by atomic mass is 9.78.